The fourth-order valence-corrected chi connectivity index (χ4v) is 8.45. The Morgan fingerprint density at radius 2 is 1.12 bits per heavy atom. The van der Waals surface area contributed by atoms with Crippen LogP contribution in [0.3, 0.4) is 0 Å². The van der Waals surface area contributed by atoms with Crippen LogP contribution in [-0.2, 0) is 18.3 Å². The molecule has 0 bridgehead atoms. The van der Waals surface area contributed by atoms with Crippen molar-refractivity contribution in [2.75, 3.05) is 4.90 Å². The van der Waals surface area contributed by atoms with Crippen LogP contribution in [0.4, 0.5) is 17.1 Å². The predicted molar refractivity (Wildman–Crippen MR) is 204 cm³/mol. The molecule has 9 rings (SSSR count). The molecule has 7 aromatic rings. The van der Waals surface area contributed by atoms with Gasteiger partial charge in [0.15, 0.2) is 0 Å². The zero-order chi connectivity index (χ0) is 32.2. The number of fused-ring (bicyclic) bond motifs is 6. The Morgan fingerprint density at radius 3 is 1.94 bits per heavy atom. The molecule has 1 nitrogen and oxygen atoms in total. The van der Waals surface area contributed by atoms with Gasteiger partial charge in [-0.1, -0.05) is 129 Å². The second-order valence-electron chi connectivity index (χ2n) is 14.0. The first-order chi connectivity index (χ1) is 23.6. The molecule has 0 aliphatic heterocycles. The van der Waals surface area contributed by atoms with E-state index in [0.29, 0.717) is 0 Å². The van der Waals surface area contributed by atoms with Crippen molar-refractivity contribution in [3.8, 4) is 33.4 Å². The number of rotatable bonds is 5. The zero-order valence-corrected chi connectivity index (χ0v) is 27.7. The summed E-state index contributed by atoms with van der Waals surface area (Å²) < 4.78 is 0. The molecule has 0 heterocycles. The molecule has 0 atom stereocenters. The first-order valence-electron chi connectivity index (χ1n) is 17.4. The maximum atomic E-state index is 2.42. The van der Waals surface area contributed by atoms with Gasteiger partial charge >= 0.3 is 0 Å². The van der Waals surface area contributed by atoms with Crippen molar-refractivity contribution >= 4 is 27.8 Å². The Morgan fingerprint density at radius 1 is 0.479 bits per heavy atom. The Labute approximate surface area is 284 Å². The van der Waals surface area contributed by atoms with Crippen LogP contribution in [0.25, 0.3) is 44.2 Å². The lowest BCUT2D eigenvalue weighted by molar-refractivity contribution is 0.666. The summed E-state index contributed by atoms with van der Waals surface area (Å²) in [6, 6.07) is 56.3. The van der Waals surface area contributed by atoms with Gasteiger partial charge < -0.3 is 4.90 Å². The van der Waals surface area contributed by atoms with Gasteiger partial charge in [0.25, 0.3) is 0 Å². The fourth-order valence-electron chi connectivity index (χ4n) is 8.45. The molecule has 0 radical (unpaired) electrons. The highest BCUT2D eigenvalue weighted by molar-refractivity contribution is 5.98. The van der Waals surface area contributed by atoms with Crippen LogP contribution < -0.4 is 4.90 Å². The molecule has 1 heteroatoms. The van der Waals surface area contributed by atoms with E-state index >= 15 is 0 Å². The lowest BCUT2D eigenvalue weighted by Gasteiger charge is -2.28. The third kappa shape index (κ3) is 4.68. The lowest BCUT2D eigenvalue weighted by atomic mass is 9.80. The van der Waals surface area contributed by atoms with Gasteiger partial charge in [0.1, 0.15) is 0 Å². The van der Waals surface area contributed by atoms with E-state index in [1.165, 1.54) is 92.2 Å². The van der Waals surface area contributed by atoms with Crippen molar-refractivity contribution in [3.05, 3.63) is 174 Å². The predicted octanol–water partition coefficient (Wildman–Crippen LogP) is 12.8. The summed E-state index contributed by atoms with van der Waals surface area (Å²) in [6.45, 7) is 4.76. The minimum absolute atomic E-state index is 0.112. The van der Waals surface area contributed by atoms with Gasteiger partial charge in [-0.15, -0.1) is 0 Å². The smallest absolute Gasteiger partial charge is 0.0465 e. The summed E-state index contributed by atoms with van der Waals surface area (Å²) >= 11 is 0. The number of nitrogens with zero attached hydrogens (tertiary/aromatic N) is 1. The van der Waals surface area contributed by atoms with Gasteiger partial charge in [-0.2, -0.15) is 0 Å². The maximum Gasteiger partial charge on any atom is 0.0465 e. The lowest BCUT2D eigenvalue weighted by Crippen LogP contribution is -2.17. The number of hydrogen-bond donors (Lipinski definition) is 0. The number of hydrogen-bond acceptors (Lipinski definition) is 1. The highest BCUT2D eigenvalue weighted by Crippen LogP contribution is 2.53. The molecule has 0 amide bonds. The van der Waals surface area contributed by atoms with Gasteiger partial charge in [-0.25, -0.2) is 0 Å². The number of anilines is 3. The van der Waals surface area contributed by atoms with E-state index in [9.17, 15) is 0 Å². The summed E-state index contributed by atoms with van der Waals surface area (Å²) in [5.74, 6) is 0. The molecular weight excluding hydrogens is 579 g/mol. The van der Waals surface area contributed by atoms with Crippen LogP contribution in [0, 0.1) is 0 Å². The molecular formula is C47H39N. The number of benzene rings is 7. The number of aryl methyl sites for hydroxylation is 1. The molecule has 0 saturated heterocycles. The van der Waals surface area contributed by atoms with E-state index in [1.54, 1.807) is 5.56 Å². The topological polar surface area (TPSA) is 3.24 Å². The molecule has 0 fully saturated rings. The third-order valence-electron chi connectivity index (χ3n) is 10.8. The van der Waals surface area contributed by atoms with Gasteiger partial charge in [0.05, 0.1) is 0 Å². The molecule has 2 aliphatic carbocycles. The molecule has 0 unspecified atom stereocenters. The molecule has 232 valence electrons. The average molecular weight is 618 g/mol. The second-order valence-corrected chi connectivity index (χ2v) is 14.0. The van der Waals surface area contributed by atoms with E-state index in [2.05, 4.69) is 170 Å². The van der Waals surface area contributed by atoms with Crippen LogP contribution in [0.1, 0.15) is 48.9 Å². The standard InChI is InChI=1S/C47H39N/c1-47(2)45-31-39(28-30-43(45)44-29-25-35-12-7-9-17-42(35)46(44)47)48(37-14-4-3-5-15-37)38-26-23-33(24-27-38)32-19-21-36(22-20-32)41-18-10-13-34-11-6-8-16-40(34)41/h3-5,7,9-10,12-15,17-31H,6,8,11,16H2,1-2H3. The largest absolute Gasteiger partial charge is 0.310 e. The van der Waals surface area contributed by atoms with E-state index in [1.807, 2.05) is 0 Å². The summed E-state index contributed by atoms with van der Waals surface area (Å²) in [5, 5.41) is 2.65. The quantitative estimate of drug-likeness (QED) is 0.186. The van der Waals surface area contributed by atoms with Crippen LogP contribution >= 0.6 is 0 Å². The maximum absolute atomic E-state index is 2.42. The summed E-state index contributed by atoms with van der Waals surface area (Å²) in [5.41, 5.74) is 17.1. The Balaban J connectivity index is 1.07. The fraction of sp³-hybridized carbons (Fsp3) is 0.149. The molecule has 0 saturated carbocycles. The molecule has 0 spiro atoms. The van der Waals surface area contributed by atoms with Gasteiger partial charge in [0, 0.05) is 22.5 Å². The van der Waals surface area contributed by atoms with Crippen LogP contribution in [0.15, 0.2) is 152 Å². The Kier molecular flexibility index (Phi) is 6.83. The Bertz CT molecular complexity index is 2290. The van der Waals surface area contributed by atoms with Gasteiger partial charge in [-0.05, 0) is 128 Å². The number of para-hydroxylation sites is 1. The van der Waals surface area contributed by atoms with Crippen LogP contribution in [0.5, 0.6) is 0 Å². The van der Waals surface area contributed by atoms with Gasteiger partial charge in [-0.3, -0.25) is 0 Å². The minimum Gasteiger partial charge on any atom is -0.310 e. The van der Waals surface area contributed by atoms with Crippen molar-refractivity contribution in [3.63, 3.8) is 0 Å². The monoisotopic (exact) mass is 617 g/mol. The van der Waals surface area contributed by atoms with E-state index in [0.717, 1.165) is 11.4 Å². The summed E-state index contributed by atoms with van der Waals surface area (Å²) in [4.78, 5) is 2.39. The van der Waals surface area contributed by atoms with Crippen molar-refractivity contribution in [1.82, 2.24) is 0 Å². The second kappa shape index (κ2) is 11.4. The van der Waals surface area contributed by atoms with E-state index in [-0.39, 0.29) is 5.41 Å². The highest BCUT2D eigenvalue weighted by atomic mass is 15.1. The normalized spacial score (nSPS) is 14.3. The Hall–Kier alpha value is -5.40. The minimum atomic E-state index is -0.112. The molecule has 0 aromatic heterocycles. The van der Waals surface area contributed by atoms with Crippen molar-refractivity contribution in [1.29, 1.82) is 0 Å². The molecule has 2 aliphatic rings. The molecule has 48 heavy (non-hydrogen) atoms. The third-order valence-corrected chi connectivity index (χ3v) is 10.8. The van der Waals surface area contributed by atoms with Crippen molar-refractivity contribution in [2.45, 2.75) is 44.9 Å². The van der Waals surface area contributed by atoms with Crippen LogP contribution in [0.2, 0.25) is 0 Å². The van der Waals surface area contributed by atoms with Crippen molar-refractivity contribution in [2.24, 2.45) is 0 Å². The molecule has 0 N–H and O–H groups in total. The zero-order valence-electron chi connectivity index (χ0n) is 27.7. The van der Waals surface area contributed by atoms with E-state index in [4.69, 9.17) is 0 Å². The first kappa shape index (κ1) is 28.8. The van der Waals surface area contributed by atoms with E-state index < -0.39 is 0 Å². The summed E-state index contributed by atoms with van der Waals surface area (Å²) in [7, 11) is 0. The van der Waals surface area contributed by atoms with Crippen molar-refractivity contribution < 1.29 is 0 Å². The van der Waals surface area contributed by atoms with Gasteiger partial charge in [0.2, 0.25) is 0 Å². The SMILES string of the molecule is CC1(C)c2cc(N(c3ccccc3)c3ccc(-c4ccc(-c5cccc6c5CCCC6)cc4)cc3)ccc2-c2ccc3ccccc3c21. The highest BCUT2D eigenvalue weighted by Gasteiger charge is 2.37. The molecule has 7 aromatic carbocycles. The summed E-state index contributed by atoms with van der Waals surface area (Å²) in [6.07, 6.45) is 5.01. The van der Waals surface area contributed by atoms with Crippen LogP contribution in [-0.4, -0.2) is 0 Å². The average Bonchev–Trinajstić information content (AvgIpc) is 3.38. The first-order valence-corrected chi connectivity index (χ1v) is 17.4.